The number of hydrogen-bond acceptors (Lipinski definition) is 8. The molecule has 274 valence electrons. The lowest BCUT2D eigenvalue weighted by Gasteiger charge is -2.30. The minimum absolute atomic E-state index is 0.00355. The molecule has 0 radical (unpaired) electrons. The fourth-order valence-corrected chi connectivity index (χ4v) is 7.37. The molecule has 51 heavy (non-hydrogen) atoms. The molecule has 1 saturated carbocycles. The van der Waals surface area contributed by atoms with Crippen LogP contribution in [0.3, 0.4) is 0 Å². The highest BCUT2D eigenvalue weighted by Crippen LogP contribution is 2.51. The van der Waals surface area contributed by atoms with Gasteiger partial charge in [-0.1, -0.05) is 49.2 Å². The van der Waals surface area contributed by atoms with E-state index in [1.165, 1.54) is 4.90 Å². The molecular formula is C38H46F2N4O7. The number of para-hydroxylation sites is 1. The molecule has 0 spiro atoms. The van der Waals surface area contributed by atoms with Crippen LogP contribution in [0.5, 0.6) is 5.88 Å². The van der Waals surface area contributed by atoms with Crippen molar-refractivity contribution in [2.45, 2.75) is 114 Å². The van der Waals surface area contributed by atoms with Gasteiger partial charge in [-0.25, -0.2) is 23.4 Å². The summed E-state index contributed by atoms with van der Waals surface area (Å²) in [7, 11) is 0. The number of carbonyl (C=O) groups excluding carboxylic acids is 4. The number of halogens is 2. The number of pyridine rings is 1. The summed E-state index contributed by atoms with van der Waals surface area (Å²) in [6, 6.07) is 13.1. The van der Waals surface area contributed by atoms with Crippen molar-refractivity contribution < 1.29 is 42.2 Å². The van der Waals surface area contributed by atoms with Crippen LogP contribution in [0, 0.1) is 5.92 Å². The van der Waals surface area contributed by atoms with Crippen LogP contribution in [0.2, 0.25) is 0 Å². The molecule has 3 amide bonds. The number of rotatable bonds is 5. The molecule has 6 rings (SSSR count). The highest BCUT2D eigenvalue weighted by atomic mass is 19.3. The summed E-state index contributed by atoms with van der Waals surface area (Å²) in [5.74, 6) is -5.56. The second kappa shape index (κ2) is 14.2. The Morgan fingerprint density at radius 1 is 1.00 bits per heavy atom. The van der Waals surface area contributed by atoms with Gasteiger partial charge in [-0.2, -0.15) is 0 Å². The number of benzene rings is 2. The summed E-state index contributed by atoms with van der Waals surface area (Å²) in [6.07, 6.45) is -1.38. The monoisotopic (exact) mass is 708 g/mol. The first kappa shape index (κ1) is 36.2. The fraction of sp³-hybridized carbons (Fsp3) is 0.553. The lowest BCUT2D eigenvalue weighted by atomic mass is 10.0. The van der Waals surface area contributed by atoms with Crippen molar-refractivity contribution >= 4 is 45.6 Å². The van der Waals surface area contributed by atoms with E-state index in [0.717, 1.165) is 16.2 Å². The molecule has 3 fully saturated rings. The van der Waals surface area contributed by atoms with Gasteiger partial charge in [0.1, 0.15) is 29.3 Å². The molecule has 13 heteroatoms. The fourth-order valence-electron chi connectivity index (χ4n) is 7.37. The van der Waals surface area contributed by atoms with Gasteiger partial charge >= 0.3 is 12.1 Å². The van der Waals surface area contributed by atoms with Gasteiger partial charge in [0.2, 0.25) is 23.6 Å². The third-order valence-electron chi connectivity index (χ3n) is 9.86. The van der Waals surface area contributed by atoms with Gasteiger partial charge in [0.15, 0.2) is 0 Å². The van der Waals surface area contributed by atoms with Crippen molar-refractivity contribution in [1.29, 1.82) is 0 Å². The van der Waals surface area contributed by atoms with Crippen LogP contribution in [-0.4, -0.2) is 82.2 Å². The summed E-state index contributed by atoms with van der Waals surface area (Å²) in [6.45, 7) is 6.68. The lowest BCUT2D eigenvalue weighted by molar-refractivity contribution is -0.150. The molecule has 2 N–H and O–H groups in total. The number of ether oxygens (including phenoxy) is 3. The Kier molecular flexibility index (Phi) is 10.1. The van der Waals surface area contributed by atoms with E-state index in [9.17, 15) is 19.2 Å². The van der Waals surface area contributed by atoms with Gasteiger partial charge in [0.25, 0.3) is 0 Å². The van der Waals surface area contributed by atoms with Crippen molar-refractivity contribution in [1.82, 2.24) is 20.5 Å². The molecule has 3 aliphatic rings. The van der Waals surface area contributed by atoms with Crippen LogP contribution in [0.15, 0.2) is 48.5 Å². The topological polar surface area (TPSA) is 136 Å². The molecule has 1 aliphatic carbocycles. The Hall–Kier alpha value is -4.55. The zero-order valence-corrected chi connectivity index (χ0v) is 29.5. The first-order valence-corrected chi connectivity index (χ1v) is 17.8. The van der Waals surface area contributed by atoms with E-state index in [4.69, 9.17) is 19.2 Å². The Labute approximate surface area is 295 Å². The third-order valence-corrected chi connectivity index (χ3v) is 9.86. The molecule has 0 unspecified atom stereocenters. The molecule has 3 heterocycles. The van der Waals surface area contributed by atoms with Crippen molar-refractivity contribution in [3.8, 4) is 5.88 Å². The van der Waals surface area contributed by atoms with Crippen LogP contribution in [0.1, 0.15) is 79.1 Å². The maximum absolute atomic E-state index is 15.2. The molecule has 5 atom stereocenters. The molecule has 2 aromatic carbocycles. The summed E-state index contributed by atoms with van der Waals surface area (Å²) in [5.41, 5.74) is -1.76. The van der Waals surface area contributed by atoms with Crippen LogP contribution in [0.4, 0.5) is 13.6 Å². The number of fused-ring (bicyclic) bond motifs is 5. The van der Waals surface area contributed by atoms with Crippen LogP contribution >= 0.6 is 0 Å². The van der Waals surface area contributed by atoms with Gasteiger partial charge in [-0.15, -0.1) is 0 Å². The lowest BCUT2D eigenvalue weighted by Crippen LogP contribution is -2.57. The number of alkyl halides is 2. The minimum Gasteiger partial charge on any atom is -0.472 e. The molecule has 2 aliphatic heterocycles. The zero-order chi connectivity index (χ0) is 36.6. The average Bonchev–Trinajstić information content (AvgIpc) is 3.56. The first-order chi connectivity index (χ1) is 24.2. The molecule has 1 aromatic heterocycles. The van der Waals surface area contributed by atoms with Gasteiger partial charge in [-0.3, -0.25) is 9.59 Å². The van der Waals surface area contributed by atoms with E-state index < -0.39 is 77.9 Å². The highest BCUT2D eigenvalue weighted by molar-refractivity contribution is 6.07. The molecule has 11 nitrogen and oxygen atoms in total. The Bertz CT molecular complexity index is 1810. The van der Waals surface area contributed by atoms with E-state index in [1.54, 1.807) is 27.7 Å². The third kappa shape index (κ3) is 8.02. The van der Waals surface area contributed by atoms with Crippen molar-refractivity contribution in [2.24, 2.45) is 5.92 Å². The predicted octanol–water partition coefficient (Wildman–Crippen LogP) is 6.06. The van der Waals surface area contributed by atoms with Crippen LogP contribution < -0.4 is 15.4 Å². The van der Waals surface area contributed by atoms with Crippen molar-refractivity contribution in [3.05, 3.63) is 48.5 Å². The summed E-state index contributed by atoms with van der Waals surface area (Å²) in [4.78, 5) is 60.9. The summed E-state index contributed by atoms with van der Waals surface area (Å²) >= 11 is 0. The number of carbonyl (C=O) groups is 4. The first-order valence-electron chi connectivity index (χ1n) is 17.8. The predicted molar refractivity (Wildman–Crippen MR) is 185 cm³/mol. The summed E-state index contributed by atoms with van der Waals surface area (Å²) in [5, 5.41) is 8.04. The smallest absolute Gasteiger partial charge is 0.408 e. The van der Waals surface area contributed by atoms with Gasteiger partial charge < -0.3 is 29.7 Å². The minimum atomic E-state index is -3.07. The quantitative estimate of drug-likeness (QED) is 0.241. The second-order valence-corrected chi connectivity index (χ2v) is 14.9. The molecule has 3 aromatic rings. The van der Waals surface area contributed by atoms with E-state index >= 15 is 8.78 Å². The van der Waals surface area contributed by atoms with E-state index in [1.807, 2.05) is 48.5 Å². The second-order valence-electron chi connectivity index (χ2n) is 14.9. The Morgan fingerprint density at radius 3 is 2.43 bits per heavy atom. The van der Waals surface area contributed by atoms with Crippen molar-refractivity contribution in [2.75, 3.05) is 13.2 Å². The van der Waals surface area contributed by atoms with Gasteiger partial charge in [0.05, 0.1) is 18.7 Å². The number of esters is 1. The van der Waals surface area contributed by atoms with Gasteiger partial charge in [0, 0.05) is 36.0 Å². The van der Waals surface area contributed by atoms with Crippen LogP contribution in [-0.2, 0) is 23.9 Å². The van der Waals surface area contributed by atoms with Gasteiger partial charge in [-0.05, 0) is 64.5 Å². The van der Waals surface area contributed by atoms with E-state index in [0.29, 0.717) is 24.2 Å². The molecular weight excluding hydrogens is 662 g/mol. The molecule has 0 bridgehead atoms. The average molecular weight is 709 g/mol. The van der Waals surface area contributed by atoms with E-state index in [2.05, 4.69) is 10.6 Å². The normalized spacial score (nSPS) is 27.0. The number of nitrogens with zero attached hydrogens (tertiary/aromatic N) is 2. The Morgan fingerprint density at radius 2 is 1.71 bits per heavy atom. The summed E-state index contributed by atoms with van der Waals surface area (Å²) < 4.78 is 47.6. The SMILES string of the molecule is CCOC(=O)[C@@]12C[C@H]1CC(F)(F)CCCCC[C@H](NC(=O)OC(C)(C)C)C(=O)N1C[C@H](Oc3nc4ccccc4c4ccccc34)C[C@H]1C(=O)N2. The van der Waals surface area contributed by atoms with Crippen LogP contribution in [0.25, 0.3) is 21.7 Å². The maximum atomic E-state index is 15.2. The maximum Gasteiger partial charge on any atom is 0.408 e. The zero-order valence-electron chi connectivity index (χ0n) is 29.5. The number of hydrogen-bond donors (Lipinski definition) is 2. The number of aromatic nitrogens is 1. The number of nitrogens with one attached hydrogen (secondary N) is 2. The highest BCUT2D eigenvalue weighted by Gasteiger charge is 2.65. The van der Waals surface area contributed by atoms with E-state index in [-0.39, 0.29) is 38.8 Å². The largest absolute Gasteiger partial charge is 0.472 e. The Balaban J connectivity index is 1.34. The number of amides is 3. The standard InChI is InChI=1S/C38H46F2N4O7/c1-5-49-34(47)38-21-23(38)20-37(39,40)18-12-6-7-17-29(42-35(48)51-36(2,3)4)33(46)44-22-24(19-30(44)31(45)43-38)50-32-27-15-9-8-13-25(27)26-14-10-11-16-28(26)41-32/h8-11,13-16,23-24,29-30H,5-7,12,17-22H2,1-4H3,(H,42,48)(H,43,45)/t23-,24-,29+,30+,38-/m1/s1. The molecule has 2 saturated heterocycles. The number of alkyl carbamates (subject to hydrolysis) is 1. The van der Waals surface area contributed by atoms with Crippen molar-refractivity contribution in [3.63, 3.8) is 0 Å².